The van der Waals surface area contributed by atoms with Gasteiger partial charge in [0.05, 0.1) is 34.9 Å². The number of aliphatic hydroxyl groups excluding tert-OH is 1. The van der Waals surface area contributed by atoms with Crippen molar-refractivity contribution in [3.8, 4) is 16.3 Å². The molecule has 34 heavy (non-hydrogen) atoms. The van der Waals surface area contributed by atoms with E-state index in [9.17, 15) is 19.8 Å². The molecule has 0 fully saturated rings. The molecule has 1 unspecified atom stereocenters. The number of hydrogen-bond acceptors (Lipinski definition) is 7. The summed E-state index contributed by atoms with van der Waals surface area (Å²) < 4.78 is 5.61. The average Bonchev–Trinajstić information content (AvgIpc) is 3.32. The van der Waals surface area contributed by atoms with Crippen LogP contribution in [0.4, 0.5) is 0 Å². The van der Waals surface area contributed by atoms with Crippen molar-refractivity contribution in [3.63, 3.8) is 0 Å². The summed E-state index contributed by atoms with van der Waals surface area (Å²) in [4.78, 5) is 33.1. The predicted octanol–water partition coefficient (Wildman–Crippen LogP) is 4.83. The van der Waals surface area contributed by atoms with Gasteiger partial charge in [-0.2, -0.15) is 0 Å². The van der Waals surface area contributed by atoms with Crippen LogP contribution in [0.5, 0.6) is 5.75 Å². The molecule has 8 heteroatoms. The van der Waals surface area contributed by atoms with Crippen molar-refractivity contribution in [2.45, 2.75) is 32.9 Å². The molecule has 0 saturated heterocycles. The van der Waals surface area contributed by atoms with E-state index in [0.717, 1.165) is 5.56 Å². The monoisotopic (exact) mass is 478 g/mol. The fourth-order valence-electron chi connectivity index (χ4n) is 3.98. The third-order valence-corrected chi connectivity index (χ3v) is 6.75. The van der Waals surface area contributed by atoms with Crippen molar-refractivity contribution in [2.24, 2.45) is 0 Å². The topological polar surface area (TPSA) is 100.0 Å². The molecule has 0 bridgehead atoms. The maximum atomic E-state index is 13.7. The van der Waals surface area contributed by atoms with Crippen molar-refractivity contribution in [1.82, 2.24) is 9.88 Å². The lowest BCUT2D eigenvalue weighted by atomic mass is 9.95. The number of ether oxygens (including phenoxy) is 1. The lowest BCUT2D eigenvalue weighted by molar-refractivity contribution is -0.130. The molecule has 0 spiro atoms. The van der Waals surface area contributed by atoms with Crippen molar-refractivity contribution in [3.05, 3.63) is 82.1 Å². The second-order valence-electron chi connectivity index (χ2n) is 8.31. The maximum absolute atomic E-state index is 13.7. The first-order chi connectivity index (χ1) is 16.3. The van der Waals surface area contributed by atoms with Crippen LogP contribution in [0.1, 0.15) is 40.8 Å². The van der Waals surface area contributed by atoms with Gasteiger partial charge in [0.2, 0.25) is 5.78 Å². The third kappa shape index (κ3) is 4.60. The molecule has 1 aliphatic rings. The number of amides is 1. The average molecular weight is 479 g/mol. The number of Topliss-reactive ketones (excluding diaryl/α,β-unsaturated/α-hetero) is 1. The molecule has 0 aliphatic carbocycles. The molecular weight excluding hydrogens is 452 g/mol. The molecule has 1 aromatic heterocycles. The Hall–Kier alpha value is -3.49. The van der Waals surface area contributed by atoms with Gasteiger partial charge >= 0.3 is 0 Å². The maximum Gasteiger partial charge on any atom is 0.290 e. The standard InChI is InChI=1S/C26H26N2O5S/c1-15(2)33-13-12-28-21(18-10-7-11-19(29)14-18)20(23(31)26(28)32)22(30)24-16(3)27-25(34-24)17-8-5-4-6-9-17/h4-11,14-15,21,29,31H,12-13H2,1-3H3. The number of phenols is 1. The van der Waals surface area contributed by atoms with Crippen molar-refractivity contribution >= 4 is 23.0 Å². The van der Waals surface area contributed by atoms with Gasteiger partial charge in [0.25, 0.3) is 5.91 Å². The first-order valence-electron chi connectivity index (χ1n) is 11.0. The molecule has 1 amide bonds. The summed E-state index contributed by atoms with van der Waals surface area (Å²) in [5.41, 5.74) is 1.91. The van der Waals surface area contributed by atoms with Gasteiger partial charge in [-0.3, -0.25) is 9.59 Å². The Labute approximate surface area is 202 Å². The number of benzene rings is 2. The predicted molar refractivity (Wildman–Crippen MR) is 130 cm³/mol. The van der Waals surface area contributed by atoms with Crippen LogP contribution in [0.2, 0.25) is 0 Å². The number of aromatic nitrogens is 1. The van der Waals surface area contributed by atoms with Gasteiger partial charge in [-0.25, -0.2) is 4.98 Å². The fraction of sp³-hybridized carbons (Fsp3) is 0.269. The minimum atomic E-state index is -0.857. The highest BCUT2D eigenvalue weighted by Crippen LogP contribution is 2.41. The van der Waals surface area contributed by atoms with Crippen LogP contribution in [0.25, 0.3) is 10.6 Å². The van der Waals surface area contributed by atoms with Crippen LogP contribution >= 0.6 is 11.3 Å². The molecular formula is C26H26N2O5S. The Kier molecular flexibility index (Phi) is 6.81. The molecule has 2 heterocycles. The summed E-state index contributed by atoms with van der Waals surface area (Å²) in [6.45, 7) is 5.93. The number of ketones is 1. The molecule has 1 aliphatic heterocycles. The number of rotatable bonds is 8. The van der Waals surface area contributed by atoms with E-state index >= 15 is 0 Å². The SMILES string of the molecule is Cc1nc(-c2ccccc2)sc1C(=O)C1=C(O)C(=O)N(CCOC(C)C)C1c1cccc(O)c1. The van der Waals surface area contributed by atoms with Crippen LogP contribution in [-0.2, 0) is 9.53 Å². The number of thiazole rings is 1. The van der Waals surface area contributed by atoms with Crippen LogP contribution in [0.3, 0.4) is 0 Å². The van der Waals surface area contributed by atoms with E-state index in [1.54, 1.807) is 19.1 Å². The molecule has 2 N–H and O–H groups in total. The normalized spacial score (nSPS) is 16.1. The smallest absolute Gasteiger partial charge is 0.290 e. The Morgan fingerprint density at radius 1 is 1.15 bits per heavy atom. The number of phenolic OH excluding ortho intramolecular Hbond substituents is 1. The van der Waals surface area contributed by atoms with Gasteiger partial charge in [0.1, 0.15) is 10.8 Å². The number of carbonyl (C=O) groups excluding carboxylic acids is 2. The number of carbonyl (C=O) groups is 2. The highest BCUT2D eigenvalue weighted by molar-refractivity contribution is 7.17. The number of nitrogens with zero attached hydrogens (tertiary/aromatic N) is 2. The highest BCUT2D eigenvalue weighted by Gasteiger charge is 2.44. The molecule has 3 aromatic rings. The first-order valence-corrected chi connectivity index (χ1v) is 11.8. The zero-order valence-electron chi connectivity index (χ0n) is 19.2. The summed E-state index contributed by atoms with van der Waals surface area (Å²) in [5.74, 6) is -1.68. The summed E-state index contributed by atoms with van der Waals surface area (Å²) in [7, 11) is 0. The van der Waals surface area contributed by atoms with E-state index < -0.39 is 23.5 Å². The lowest BCUT2D eigenvalue weighted by Gasteiger charge is -2.27. The molecule has 2 aromatic carbocycles. The Balaban J connectivity index is 1.74. The number of aliphatic hydroxyl groups is 1. The summed E-state index contributed by atoms with van der Waals surface area (Å²) in [6.07, 6.45) is -0.0316. The molecule has 0 radical (unpaired) electrons. The molecule has 4 rings (SSSR count). The second-order valence-corrected chi connectivity index (χ2v) is 9.31. The Morgan fingerprint density at radius 3 is 2.56 bits per heavy atom. The van der Waals surface area contributed by atoms with E-state index in [1.165, 1.54) is 28.4 Å². The van der Waals surface area contributed by atoms with Gasteiger partial charge in [-0.1, -0.05) is 42.5 Å². The van der Waals surface area contributed by atoms with Crippen LogP contribution in [0.15, 0.2) is 65.9 Å². The number of hydrogen-bond donors (Lipinski definition) is 2. The van der Waals surface area contributed by atoms with Crippen molar-refractivity contribution in [2.75, 3.05) is 13.2 Å². The minimum absolute atomic E-state index is 0.00172. The fourth-order valence-corrected chi connectivity index (χ4v) is 5.00. The van der Waals surface area contributed by atoms with Crippen molar-refractivity contribution < 1.29 is 24.5 Å². The summed E-state index contributed by atoms with van der Waals surface area (Å²) in [5, 5.41) is 21.6. The summed E-state index contributed by atoms with van der Waals surface area (Å²) >= 11 is 1.22. The zero-order valence-corrected chi connectivity index (χ0v) is 20.0. The minimum Gasteiger partial charge on any atom is -0.508 e. The van der Waals surface area contributed by atoms with Crippen LogP contribution in [-0.4, -0.2) is 51.0 Å². The van der Waals surface area contributed by atoms with Crippen LogP contribution in [0, 0.1) is 6.92 Å². The number of aryl methyl sites for hydroxylation is 1. The summed E-state index contributed by atoms with van der Waals surface area (Å²) in [6, 6.07) is 15.0. The highest BCUT2D eigenvalue weighted by atomic mass is 32.1. The van der Waals surface area contributed by atoms with E-state index in [0.29, 0.717) is 21.1 Å². The Morgan fingerprint density at radius 2 is 1.88 bits per heavy atom. The molecule has 176 valence electrons. The van der Waals surface area contributed by atoms with E-state index in [-0.39, 0.29) is 30.6 Å². The zero-order chi connectivity index (χ0) is 24.4. The molecule has 1 atom stereocenters. The van der Waals surface area contributed by atoms with E-state index in [4.69, 9.17) is 4.74 Å². The van der Waals surface area contributed by atoms with Crippen molar-refractivity contribution in [1.29, 1.82) is 0 Å². The number of aromatic hydroxyl groups is 1. The van der Waals surface area contributed by atoms with Gasteiger partial charge < -0.3 is 19.8 Å². The Bertz CT molecular complexity index is 1250. The van der Waals surface area contributed by atoms with Gasteiger partial charge in [0.15, 0.2) is 5.76 Å². The molecule has 0 saturated carbocycles. The third-order valence-electron chi connectivity index (χ3n) is 5.54. The largest absolute Gasteiger partial charge is 0.508 e. The van der Waals surface area contributed by atoms with E-state index in [1.807, 2.05) is 44.2 Å². The van der Waals surface area contributed by atoms with Crippen LogP contribution < -0.4 is 0 Å². The lowest BCUT2D eigenvalue weighted by Crippen LogP contribution is -2.34. The van der Waals surface area contributed by atoms with Gasteiger partial charge in [-0.15, -0.1) is 11.3 Å². The van der Waals surface area contributed by atoms with Gasteiger partial charge in [-0.05, 0) is 38.5 Å². The second kappa shape index (κ2) is 9.79. The van der Waals surface area contributed by atoms with E-state index in [2.05, 4.69) is 4.98 Å². The first kappa shape index (κ1) is 23.7. The van der Waals surface area contributed by atoms with Gasteiger partial charge in [0, 0.05) is 12.1 Å². The quantitative estimate of drug-likeness (QED) is 0.450. The molecule has 7 nitrogen and oxygen atoms in total.